The van der Waals surface area contributed by atoms with Crippen LogP contribution < -0.4 is 0 Å². The molecule has 0 N–H and O–H groups in total. The lowest BCUT2D eigenvalue weighted by atomic mass is 10.00. The van der Waals surface area contributed by atoms with Gasteiger partial charge in [0.25, 0.3) is 5.91 Å². The average Bonchev–Trinajstić information content (AvgIpc) is 3.27. The molecule has 1 unspecified atom stereocenters. The van der Waals surface area contributed by atoms with Crippen LogP contribution in [0.2, 0.25) is 0 Å². The molecule has 2 aromatic carbocycles. The normalized spacial score (nSPS) is 15.4. The van der Waals surface area contributed by atoms with Gasteiger partial charge in [-0.25, -0.2) is 4.39 Å². The van der Waals surface area contributed by atoms with Crippen molar-refractivity contribution in [3.8, 4) is 0 Å². The van der Waals surface area contributed by atoms with E-state index in [4.69, 9.17) is 0 Å². The van der Waals surface area contributed by atoms with Crippen LogP contribution in [0.1, 0.15) is 41.0 Å². The van der Waals surface area contributed by atoms with Gasteiger partial charge in [-0.05, 0) is 48.4 Å². The molecule has 1 aromatic heterocycles. The lowest BCUT2D eigenvalue weighted by molar-refractivity contribution is -0.134. The first-order chi connectivity index (χ1) is 15.1. The van der Waals surface area contributed by atoms with Gasteiger partial charge in [0.1, 0.15) is 12.4 Å². The standard InChI is InChI=1S/C25H26FN3O2/c1-2-14-28(25(31)20-10-12-21(26)13-11-20)18-23(30)29-17-16-27-15-6-9-22(27)24(29)19-7-4-3-5-8-19/h3-13,15,24H,2,14,16-18H2,1H3. The first-order valence-corrected chi connectivity index (χ1v) is 10.6. The molecule has 1 aliphatic heterocycles. The summed E-state index contributed by atoms with van der Waals surface area (Å²) in [5.74, 6) is -0.742. The average molecular weight is 420 g/mol. The third kappa shape index (κ3) is 4.38. The fourth-order valence-electron chi connectivity index (χ4n) is 4.19. The van der Waals surface area contributed by atoms with Gasteiger partial charge in [0.15, 0.2) is 0 Å². The van der Waals surface area contributed by atoms with Crippen molar-refractivity contribution in [1.29, 1.82) is 0 Å². The SMILES string of the molecule is CCCN(CC(=O)N1CCn2cccc2C1c1ccccc1)C(=O)c1ccc(F)cc1. The van der Waals surface area contributed by atoms with E-state index in [1.54, 1.807) is 4.90 Å². The molecule has 5 nitrogen and oxygen atoms in total. The van der Waals surface area contributed by atoms with Gasteiger partial charge in [0.05, 0.1) is 6.04 Å². The highest BCUT2D eigenvalue weighted by molar-refractivity contribution is 5.96. The molecule has 1 atom stereocenters. The van der Waals surface area contributed by atoms with E-state index in [9.17, 15) is 14.0 Å². The maximum Gasteiger partial charge on any atom is 0.254 e. The minimum atomic E-state index is -0.392. The smallest absolute Gasteiger partial charge is 0.254 e. The molecule has 0 saturated carbocycles. The number of hydrogen-bond donors (Lipinski definition) is 0. The number of amides is 2. The molecule has 0 bridgehead atoms. The molecule has 4 rings (SSSR count). The van der Waals surface area contributed by atoms with E-state index in [1.165, 1.54) is 24.3 Å². The second-order valence-electron chi connectivity index (χ2n) is 7.76. The molecular weight excluding hydrogens is 393 g/mol. The molecule has 0 saturated heterocycles. The van der Waals surface area contributed by atoms with Crippen LogP contribution in [0.25, 0.3) is 0 Å². The Bertz CT molecular complexity index is 1050. The van der Waals surface area contributed by atoms with Gasteiger partial charge in [-0.1, -0.05) is 37.3 Å². The zero-order valence-corrected chi connectivity index (χ0v) is 17.6. The Balaban J connectivity index is 1.59. The Morgan fingerprint density at radius 3 is 2.45 bits per heavy atom. The van der Waals surface area contributed by atoms with E-state index in [2.05, 4.69) is 4.57 Å². The molecule has 160 valence electrons. The lowest BCUT2D eigenvalue weighted by Gasteiger charge is -2.38. The maximum atomic E-state index is 13.5. The quantitative estimate of drug-likeness (QED) is 0.604. The summed E-state index contributed by atoms with van der Waals surface area (Å²) >= 11 is 0. The van der Waals surface area contributed by atoms with Crippen molar-refractivity contribution in [1.82, 2.24) is 14.4 Å². The number of carbonyl (C=O) groups excluding carboxylic acids is 2. The number of halogens is 1. The van der Waals surface area contributed by atoms with Crippen molar-refractivity contribution in [3.05, 3.63) is 95.6 Å². The van der Waals surface area contributed by atoms with Crippen LogP contribution in [-0.2, 0) is 11.3 Å². The van der Waals surface area contributed by atoms with E-state index in [0.29, 0.717) is 18.7 Å². The number of hydrogen-bond acceptors (Lipinski definition) is 2. The minimum Gasteiger partial charge on any atom is -0.348 e. The van der Waals surface area contributed by atoms with Crippen LogP contribution >= 0.6 is 0 Å². The number of benzene rings is 2. The molecule has 2 amide bonds. The number of rotatable bonds is 6. The van der Waals surface area contributed by atoms with Crippen LogP contribution in [0.3, 0.4) is 0 Å². The van der Waals surface area contributed by atoms with Crippen molar-refractivity contribution in [2.24, 2.45) is 0 Å². The van der Waals surface area contributed by atoms with E-state index < -0.39 is 5.82 Å². The van der Waals surface area contributed by atoms with Crippen molar-refractivity contribution in [2.45, 2.75) is 25.9 Å². The van der Waals surface area contributed by atoms with Gasteiger partial charge in [-0.15, -0.1) is 0 Å². The predicted molar refractivity (Wildman–Crippen MR) is 117 cm³/mol. The maximum absolute atomic E-state index is 13.5. The topological polar surface area (TPSA) is 45.6 Å². The summed E-state index contributed by atoms with van der Waals surface area (Å²) < 4.78 is 15.4. The second kappa shape index (κ2) is 9.16. The van der Waals surface area contributed by atoms with E-state index in [0.717, 1.165) is 24.2 Å². The molecule has 0 radical (unpaired) electrons. The van der Waals surface area contributed by atoms with Gasteiger partial charge in [0.2, 0.25) is 5.91 Å². The molecule has 0 spiro atoms. The lowest BCUT2D eigenvalue weighted by Crippen LogP contribution is -2.48. The number of aromatic nitrogens is 1. The van der Waals surface area contributed by atoms with Crippen molar-refractivity contribution < 1.29 is 14.0 Å². The predicted octanol–water partition coefficient (Wildman–Crippen LogP) is 4.11. The van der Waals surface area contributed by atoms with E-state index in [1.807, 2.05) is 60.5 Å². The fraction of sp³-hybridized carbons (Fsp3) is 0.280. The van der Waals surface area contributed by atoms with Crippen molar-refractivity contribution in [3.63, 3.8) is 0 Å². The summed E-state index contributed by atoms with van der Waals surface area (Å²) in [7, 11) is 0. The van der Waals surface area contributed by atoms with Gasteiger partial charge in [-0.3, -0.25) is 9.59 Å². The van der Waals surface area contributed by atoms with Gasteiger partial charge < -0.3 is 14.4 Å². The summed E-state index contributed by atoms with van der Waals surface area (Å²) in [6, 6.07) is 19.3. The molecule has 1 aliphatic rings. The largest absolute Gasteiger partial charge is 0.348 e. The van der Waals surface area contributed by atoms with Crippen LogP contribution in [0.15, 0.2) is 72.9 Å². The van der Waals surface area contributed by atoms with Gasteiger partial charge in [0, 0.05) is 37.1 Å². The van der Waals surface area contributed by atoms with Crippen molar-refractivity contribution in [2.75, 3.05) is 19.6 Å². The minimum absolute atomic E-state index is 0.00586. The Morgan fingerprint density at radius 1 is 1.00 bits per heavy atom. The molecule has 0 fully saturated rings. The summed E-state index contributed by atoms with van der Waals surface area (Å²) in [4.78, 5) is 29.9. The van der Waals surface area contributed by atoms with Gasteiger partial charge >= 0.3 is 0 Å². The number of nitrogens with zero attached hydrogens (tertiary/aromatic N) is 3. The first-order valence-electron chi connectivity index (χ1n) is 10.6. The highest BCUT2D eigenvalue weighted by Gasteiger charge is 2.33. The third-order valence-corrected chi connectivity index (χ3v) is 5.67. The van der Waals surface area contributed by atoms with E-state index >= 15 is 0 Å². The third-order valence-electron chi connectivity index (χ3n) is 5.67. The molecule has 3 aromatic rings. The summed E-state index contributed by atoms with van der Waals surface area (Å²) in [6.07, 6.45) is 2.76. The van der Waals surface area contributed by atoms with Crippen LogP contribution in [-0.4, -0.2) is 45.8 Å². The molecular formula is C25H26FN3O2. The zero-order chi connectivity index (χ0) is 21.8. The molecule has 2 heterocycles. The van der Waals surface area contributed by atoms with Crippen LogP contribution in [0, 0.1) is 5.82 Å². The number of fused-ring (bicyclic) bond motifs is 1. The van der Waals surface area contributed by atoms with Gasteiger partial charge in [-0.2, -0.15) is 0 Å². The fourth-order valence-corrected chi connectivity index (χ4v) is 4.19. The summed E-state index contributed by atoms with van der Waals surface area (Å²) in [5, 5.41) is 0. The number of carbonyl (C=O) groups is 2. The molecule has 0 aliphatic carbocycles. The van der Waals surface area contributed by atoms with Crippen LogP contribution in [0.4, 0.5) is 4.39 Å². The highest BCUT2D eigenvalue weighted by Crippen LogP contribution is 2.32. The Morgan fingerprint density at radius 2 is 1.74 bits per heavy atom. The Kier molecular flexibility index (Phi) is 6.16. The Hall–Kier alpha value is -3.41. The monoisotopic (exact) mass is 419 g/mol. The summed E-state index contributed by atoms with van der Waals surface area (Å²) in [6.45, 7) is 3.72. The molecule has 31 heavy (non-hydrogen) atoms. The first kappa shape index (κ1) is 20.8. The molecule has 6 heteroatoms. The summed E-state index contributed by atoms with van der Waals surface area (Å²) in [5.41, 5.74) is 2.50. The zero-order valence-electron chi connectivity index (χ0n) is 17.6. The Labute approximate surface area is 181 Å². The van der Waals surface area contributed by atoms with E-state index in [-0.39, 0.29) is 24.4 Å². The van der Waals surface area contributed by atoms with Crippen molar-refractivity contribution >= 4 is 11.8 Å². The van der Waals surface area contributed by atoms with Crippen LogP contribution in [0.5, 0.6) is 0 Å². The highest BCUT2D eigenvalue weighted by atomic mass is 19.1. The second-order valence-corrected chi connectivity index (χ2v) is 7.76.